The van der Waals surface area contributed by atoms with Gasteiger partial charge in [-0.05, 0) is 23.2 Å². The average molecular weight is 313 g/mol. The smallest absolute Gasteiger partial charge is 0.327 e. The van der Waals surface area contributed by atoms with E-state index in [0.29, 0.717) is 6.54 Å². The number of hydrogen-bond acceptors (Lipinski definition) is 4. The molecule has 0 aliphatic heterocycles. The topological polar surface area (TPSA) is 87.1 Å². The van der Waals surface area contributed by atoms with Crippen LogP contribution >= 0.6 is 15.9 Å². The molecule has 7 heteroatoms. The van der Waals surface area contributed by atoms with Crippen LogP contribution in [-0.4, -0.2) is 26.2 Å². The lowest BCUT2D eigenvalue weighted by Gasteiger charge is -2.16. The first kappa shape index (κ1) is 14.5. The van der Waals surface area contributed by atoms with Crippen LogP contribution in [0.3, 0.4) is 0 Å². The normalized spacial score (nSPS) is 11.4. The number of nitrogens with one attached hydrogen (secondary N) is 1. The van der Waals surface area contributed by atoms with Crippen LogP contribution in [0.25, 0.3) is 10.4 Å². The molecule has 1 aromatic carbocycles. The number of carbonyl (C=O) groups is 1. The monoisotopic (exact) mass is 312 g/mol. The van der Waals surface area contributed by atoms with Crippen molar-refractivity contribution in [3.05, 3.63) is 44.7 Å². The molecule has 0 bridgehead atoms. The molecule has 0 saturated carbocycles. The van der Waals surface area contributed by atoms with E-state index in [0.717, 1.165) is 10.0 Å². The Hall–Kier alpha value is -1.56. The summed E-state index contributed by atoms with van der Waals surface area (Å²) in [6, 6.07) is 6.80. The number of esters is 1. The highest BCUT2D eigenvalue weighted by molar-refractivity contribution is 9.10. The predicted molar refractivity (Wildman–Crippen MR) is 70.9 cm³/mol. The van der Waals surface area contributed by atoms with E-state index in [1.807, 2.05) is 24.3 Å². The van der Waals surface area contributed by atoms with Gasteiger partial charge in [0.25, 0.3) is 0 Å². The Morgan fingerprint density at radius 1 is 1.67 bits per heavy atom. The van der Waals surface area contributed by atoms with Crippen LogP contribution in [0.5, 0.6) is 0 Å². The number of methoxy groups -OCH3 is 1. The molecule has 1 N–H and O–H groups in total. The van der Waals surface area contributed by atoms with Crippen LogP contribution in [0.2, 0.25) is 0 Å². The van der Waals surface area contributed by atoms with Gasteiger partial charge in [-0.25, -0.2) is 4.79 Å². The third-order valence-corrected chi connectivity index (χ3v) is 2.74. The lowest BCUT2D eigenvalue weighted by atomic mass is 10.1. The van der Waals surface area contributed by atoms with E-state index in [-0.39, 0.29) is 12.5 Å². The molecule has 0 radical (unpaired) electrons. The molecule has 0 aliphatic carbocycles. The molecule has 18 heavy (non-hydrogen) atoms. The van der Waals surface area contributed by atoms with Crippen molar-refractivity contribution in [2.45, 2.75) is 6.04 Å². The van der Waals surface area contributed by atoms with Gasteiger partial charge in [0, 0.05) is 22.5 Å². The Bertz CT molecular complexity index is 460. The zero-order chi connectivity index (χ0) is 13.4. The van der Waals surface area contributed by atoms with E-state index in [4.69, 9.17) is 10.3 Å². The molecule has 0 fully saturated rings. The number of nitrogens with zero attached hydrogens (tertiary/aromatic N) is 3. The second-order valence-corrected chi connectivity index (χ2v) is 4.34. The minimum atomic E-state index is -0.568. The quantitative estimate of drug-likeness (QED) is 0.288. The van der Waals surface area contributed by atoms with Gasteiger partial charge in [0.15, 0.2) is 0 Å². The molecule has 96 valence electrons. The first-order valence-electron chi connectivity index (χ1n) is 5.26. The second kappa shape index (κ2) is 7.71. The largest absolute Gasteiger partial charge is 0.468 e. The molecule has 0 aliphatic rings. The molecule has 1 rings (SSSR count). The van der Waals surface area contributed by atoms with Crippen molar-refractivity contribution in [2.24, 2.45) is 5.11 Å². The van der Waals surface area contributed by atoms with Crippen LogP contribution in [0, 0.1) is 0 Å². The highest BCUT2D eigenvalue weighted by Crippen LogP contribution is 2.19. The van der Waals surface area contributed by atoms with Gasteiger partial charge < -0.3 is 10.1 Å². The standard InChI is InChI=1S/C11H13BrN4O2/c1-18-11(17)10(14-5-6-15-16-13)8-3-2-4-9(12)7-8/h2-4,7,10,14H,5-6H2,1H3. The van der Waals surface area contributed by atoms with Crippen molar-refractivity contribution >= 4 is 21.9 Å². The highest BCUT2D eigenvalue weighted by atomic mass is 79.9. The first-order chi connectivity index (χ1) is 8.69. The summed E-state index contributed by atoms with van der Waals surface area (Å²) in [5.74, 6) is -0.381. The molecule has 0 heterocycles. The molecule has 0 amide bonds. The Morgan fingerprint density at radius 2 is 2.44 bits per heavy atom. The fraction of sp³-hybridized carbons (Fsp3) is 0.364. The molecule has 1 atom stereocenters. The summed E-state index contributed by atoms with van der Waals surface area (Å²) in [5.41, 5.74) is 8.96. The van der Waals surface area contributed by atoms with Crippen molar-refractivity contribution in [3.63, 3.8) is 0 Å². The van der Waals surface area contributed by atoms with Crippen LogP contribution < -0.4 is 5.32 Å². The maximum Gasteiger partial charge on any atom is 0.327 e. The molecule has 6 nitrogen and oxygen atoms in total. The summed E-state index contributed by atoms with van der Waals surface area (Å²) in [6.45, 7) is 0.675. The minimum Gasteiger partial charge on any atom is -0.468 e. The molecule has 0 spiro atoms. The average Bonchev–Trinajstić information content (AvgIpc) is 2.38. The minimum absolute atomic E-state index is 0.276. The van der Waals surface area contributed by atoms with Crippen LogP contribution in [0.1, 0.15) is 11.6 Å². The third-order valence-electron chi connectivity index (χ3n) is 2.24. The molecule has 1 aromatic rings. The fourth-order valence-electron chi connectivity index (χ4n) is 1.44. The highest BCUT2D eigenvalue weighted by Gasteiger charge is 2.20. The van der Waals surface area contributed by atoms with Crippen molar-refractivity contribution in [2.75, 3.05) is 20.2 Å². The Morgan fingerprint density at radius 3 is 3.06 bits per heavy atom. The summed E-state index contributed by atoms with van der Waals surface area (Å²) in [4.78, 5) is 14.3. The summed E-state index contributed by atoms with van der Waals surface area (Å²) < 4.78 is 5.62. The van der Waals surface area contributed by atoms with Crippen LogP contribution in [-0.2, 0) is 9.53 Å². The van der Waals surface area contributed by atoms with Gasteiger partial charge in [0.2, 0.25) is 0 Å². The van der Waals surface area contributed by atoms with E-state index in [2.05, 4.69) is 31.3 Å². The zero-order valence-electron chi connectivity index (χ0n) is 9.84. The van der Waals surface area contributed by atoms with Gasteiger partial charge in [-0.3, -0.25) is 0 Å². The molecule has 0 saturated heterocycles. The SMILES string of the molecule is COC(=O)C(NCCN=[N+]=[N-])c1cccc(Br)c1. The van der Waals surface area contributed by atoms with Crippen molar-refractivity contribution in [3.8, 4) is 0 Å². The first-order valence-corrected chi connectivity index (χ1v) is 6.06. The van der Waals surface area contributed by atoms with Gasteiger partial charge >= 0.3 is 5.97 Å². The maximum atomic E-state index is 11.7. The zero-order valence-corrected chi connectivity index (χ0v) is 11.4. The molecular weight excluding hydrogens is 300 g/mol. The lowest BCUT2D eigenvalue weighted by Crippen LogP contribution is -2.31. The molecule has 0 aromatic heterocycles. The van der Waals surface area contributed by atoms with Gasteiger partial charge in [-0.15, -0.1) is 0 Å². The number of hydrogen-bond donors (Lipinski definition) is 1. The summed E-state index contributed by atoms with van der Waals surface area (Å²) in [6.07, 6.45) is 0. The molecule has 1 unspecified atom stereocenters. The van der Waals surface area contributed by atoms with Gasteiger partial charge in [-0.2, -0.15) is 0 Å². The van der Waals surface area contributed by atoms with E-state index in [1.54, 1.807) is 0 Å². The number of benzene rings is 1. The van der Waals surface area contributed by atoms with Gasteiger partial charge in [0.1, 0.15) is 6.04 Å². The van der Waals surface area contributed by atoms with Crippen molar-refractivity contribution in [1.82, 2.24) is 5.32 Å². The maximum absolute atomic E-state index is 11.7. The molecular formula is C11H13BrN4O2. The summed E-state index contributed by atoms with van der Waals surface area (Å²) in [5, 5.41) is 6.39. The Kier molecular flexibility index (Phi) is 6.21. The second-order valence-electron chi connectivity index (χ2n) is 3.42. The van der Waals surface area contributed by atoms with E-state index in [1.165, 1.54) is 7.11 Å². The summed E-state index contributed by atoms with van der Waals surface area (Å²) in [7, 11) is 1.34. The van der Waals surface area contributed by atoms with Crippen molar-refractivity contribution in [1.29, 1.82) is 0 Å². The fourth-order valence-corrected chi connectivity index (χ4v) is 1.86. The Labute approximate surface area is 113 Å². The number of carbonyl (C=O) groups excluding carboxylic acids is 1. The van der Waals surface area contributed by atoms with E-state index in [9.17, 15) is 4.79 Å². The number of ether oxygens (including phenoxy) is 1. The predicted octanol–water partition coefficient (Wildman–Crippen LogP) is 2.56. The third kappa shape index (κ3) is 4.37. The van der Waals surface area contributed by atoms with Crippen LogP contribution in [0.15, 0.2) is 33.9 Å². The lowest BCUT2D eigenvalue weighted by molar-refractivity contribution is -0.143. The van der Waals surface area contributed by atoms with Gasteiger partial charge in [0.05, 0.1) is 7.11 Å². The van der Waals surface area contributed by atoms with Gasteiger partial charge in [-0.1, -0.05) is 33.2 Å². The summed E-state index contributed by atoms with van der Waals surface area (Å²) >= 11 is 3.35. The van der Waals surface area contributed by atoms with Crippen LogP contribution in [0.4, 0.5) is 0 Å². The van der Waals surface area contributed by atoms with Crippen molar-refractivity contribution < 1.29 is 9.53 Å². The van der Waals surface area contributed by atoms with E-state index >= 15 is 0 Å². The van der Waals surface area contributed by atoms with E-state index < -0.39 is 6.04 Å². The Balaban J connectivity index is 2.78. The number of rotatable bonds is 6. The number of halogens is 1. The number of azide groups is 1.